The normalized spacial score (nSPS) is 16.4. The number of ether oxygens (including phenoxy) is 1. The molecule has 170 valence electrons. The van der Waals surface area contributed by atoms with Crippen LogP contribution in [-0.4, -0.2) is 31.4 Å². The van der Waals surface area contributed by atoms with Crippen LogP contribution in [0.1, 0.15) is 22.7 Å². The zero-order valence-electron chi connectivity index (χ0n) is 18.0. The van der Waals surface area contributed by atoms with Crippen LogP contribution in [0.3, 0.4) is 0 Å². The molecule has 1 aliphatic heterocycles. The van der Waals surface area contributed by atoms with E-state index in [9.17, 15) is 18.3 Å². The van der Waals surface area contributed by atoms with E-state index in [4.69, 9.17) is 16.3 Å². The predicted molar refractivity (Wildman–Crippen MR) is 126 cm³/mol. The maximum atomic E-state index is 13.6. The van der Waals surface area contributed by atoms with E-state index in [1.165, 1.54) is 24.1 Å². The Morgan fingerprint density at radius 1 is 1.03 bits per heavy atom. The number of aryl methyl sites for hydroxylation is 1. The number of aliphatic hydroxyl groups is 1. The van der Waals surface area contributed by atoms with Gasteiger partial charge in [0, 0.05) is 11.6 Å². The van der Waals surface area contributed by atoms with Crippen LogP contribution in [0.15, 0.2) is 88.4 Å². The molecule has 1 amide bonds. The molecule has 3 aromatic carbocycles. The van der Waals surface area contributed by atoms with Crippen LogP contribution >= 0.6 is 11.6 Å². The Kier molecular flexibility index (Phi) is 6.19. The van der Waals surface area contributed by atoms with Gasteiger partial charge in [-0.1, -0.05) is 53.6 Å². The Hall–Kier alpha value is -3.29. The van der Waals surface area contributed by atoms with Gasteiger partial charge < -0.3 is 14.7 Å². The van der Waals surface area contributed by atoms with Gasteiger partial charge in [-0.2, -0.15) is 0 Å². The summed E-state index contributed by atoms with van der Waals surface area (Å²) in [6, 6.07) is 18.9. The molecule has 0 radical (unpaired) electrons. The Morgan fingerprint density at radius 3 is 2.33 bits per heavy atom. The van der Waals surface area contributed by atoms with Gasteiger partial charge in [-0.05, 0) is 54.4 Å². The summed E-state index contributed by atoms with van der Waals surface area (Å²) in [7, 11) is -2.64. The third-order valence-corrected chi connectivity index (χ3v) is 7.69. The lowest BCUT2D eigenvalue weighted by Gasteiger charge is -2.27. The first kappa shape index (κ1) is 22.9. The molecule has 0 saturated carbocycles. The number of carbonyl (C=O) groups excluding carboxylic acids is 1. The Labute approximate surface area is 197 Å². The Balaban J connectivity index is 1.84. The standard InChI is InChI=1S/C25H22ClNO5S/c1-16-6-12-21(13-7-16)33(30,31)24-22(18-8-10-19(26)11-9-18)27(25(29)23(24)28)15-17-4-3-5-20(14-17)32-2/h3-14,22,28H,15H2,1-2H3. The van der Waals surface area contributed by atoms with E-state index < -0.39 is 27.5 Å². The van der Waals surface area contributed by atoms with Crippen molar-refractivity contribution in [1.29, 1.82) is 0 Å². The molecular formula is C25H22ClNO5S. The van der Waals surface area contributed by atoms with E-state index in [0.717, 1.165) is 11.1 Å². The van der Waals surface area contributed by atoms with Crippen molar-refractivity contribution in [2.45, 2.75) is 24.4 Å². The van der Waals surface area contributed by atoms with Gasteiger partial charge in [0.25, 0.3) is 5.91 Å². The second-order valence-electron chi connectivity index (χ2n) is 7.77. The number of hydrogen-bond acceptors (Lipinski definition) is 5. The fraction of sp³-hybridized carbons (Fsp3) is 0.160. The van der Waals surface area contributed by atoms with E-state index in [2.05, 4.69) is 0 Å². The summed E-state index contributed by atoms with van der Waals surface area (Å²) in [5, 5.41) is 11.3. The lowest BCUT2D eigenvalue weighted by atomic mass is 10.1. The summed E-state index contributed by atoms with van der Waals surface area (Å²) >= 11 is 6.04. The van der Waals surface area contributed by atoms with Gasteiger partial charge >= 0.3 is 0 Å². The van der Waals surface area contributed by atoms with Gasteiger partial charge in [-0.3, -0.25) is 4.79 Å². The van der Waals surface area contributed by atoms with E-state index in [1.807, 2.05) is 6.92 Å². The zero-order chi connectivity index (χ0) is 23.8. The monoisotopic (exact) mass is 483 g/mol. The van der Waals surface area contributed by atoms with Crippen LogP contribution in [0.4, 0.5) is 0 Å². The maximum absolute atomic E-state index is 13.6. The molecule has 1 heterocycles. The molecule has 0 aliphatic carbocycles. The molecule has 1 N–H and O–H groups in total. The number of amides is 1. The number of hydrogen-bond donors (Lipinski definition) is 1. The van der Waals surface area contributed by atoms with Crippen molar-refractivity contribution < 1.29 is 23.1 Å². The molecule has 6 nitrogen and oxygen atoms in total. The predicted octanol–water partition coefficient (Wildman–Crippen LogP) is 4.98. The summed E-state index contributed by atoms with van der Waals surface area (Å²) in [5.41, 5.74) is 2.14. The summed E-state index contributed by atoms with van der Waals surface area (Å²) in [5.74, 6) is -0.936. The average Bonchev–Trinajstić information content (AvgIpc) is 3.05. The van der Waals surface area contributed by atoms with Gasteiger partial charge in [0.15, 0.2) is 5.76 Å². The summed E-state index contributed by atoms with van der Waals surface area (Å²) in [6.07, 6.45) is 0. The van der Waals surface area contributed by atoms with Crippen molar-refractivity contribution in [1.82, 2.24) is 4.90 Å². The minimum absolute atomic E-state index is 0.00430. The molecule has 4 rings (SSSR count). The topological polar surface area (TPSA) is 83.9 Å². The first-order valence-electron chi connectivity index (χ1n) is 10.2. The average molecular weight is 484 g/mol. The number of rotatable bonds is 6. The number of aliphatic hydroxyl groups excluding tert-OH is 1. The van der Waals surface area contributed by atoms with Crippen molar-refractivity contribution in [3.05, 3.63) is 105 Å². The summed E-state index contributed by atoms with van der Waals surface area (Å²) < 4.78 is 32.5. The molecule has 8 heteroatoms. The number of benzene rings is 3. The largest absolute Gasteiger partial charge is 0.502 e. The van der Waals surface area contributed by atoms with Gasteiger partial charge in [0.1, 0.15) is 10.7 Å². The van der Waals surface area contributed by atoms with Crippen molar-refractivity contribution >= 4 is 27.3 Å². The Morgan fingerprint density at radius 2 is 1.70 bits per heavy atom. The van der Waals surface area contributed by atoms with Crippen LogP contribution < -0.4 is 4.74 Å². The first-order valence-corrected chi connectivity index (χ1v) is 12.0. The molecule has 3 aromatic rings. The van der Waals surface area contributed by atoms with Crippen LogP contribution in [0.25, 0.3) is 0 Å². The SMILES string of the molecule is COc1cccc(CN2C(=O)C(O)=C(S(=O)(=O)c3ccc(C)cc3)C2c2ccc(Cl)cc2)c1. The number of nitrogens with zero attached hydrogens (tertiary/aromatic N) is 1. The number of methoxy groups -OCH3 is 1. The van der Waals surface area contributed by atoms with Gasteiger partial charge in [0.2, 0.25) is 9.84 Å². The minimum atomic E-state index is -4.17. The van der Waals surface area contributed by atoms with Crippen molar-refractivity contribution in [3.63, 3.8) is 0 Å². The highest BCUT2D eigenvalue weighted by Crippen LogP contribution is 2.43. The lowest BCUT2D eigenvalue weighted by Crippen LogP contribution is -2.30. The molecule has 0 saturated heterocycles. The molecule has 33 heavy (non-hydrogen) atoms. The first-order chi connectivity index (χ1) is 15.7. The molecule has 0 fully saturated rings. The molecule has 1 atom stereocenters. The molecule has 1 unspecified atom stereocenters. The van der Waals surface area contributed by atoms with Gasteiger partial charge in [-0.25, -0.2) is 8.42 Å². The van der Waals surface area contributed by atoms with Crippen LogP contribution in [-0.2, 0) is 21.2 Å². The van der Waals surface area contributed by atoms with Gasteiger partial charge in [0.05, 0.1) is 18.0 Å². The molecule has 0 spiro atoms. The maximum Gasteiger partial charge on any atom is 0.290 e. The van der Waals surface area contributed by atoms with E-state index in [0.29, 0.717) is 16.3 Å². The third-order valence-electron chi connectivity index (χ3n) is 5.55. The molecule has 0 bridgehead atoms. The molecule has 1 aliphatic rings. The minimum Gasteiger partial charge on any atom is -0.502 e. The fourth-order valence-corrected chi connectivity index (χ4v) is 5.63. The zero-order valence-corrected chi connectivity index (χ0v) is 19.6. The Bertz CT molecular complexity index is 1330. The van der Waals surface area contributed by atoms with Gasteiger partial charge in [-0.15, -0.1) is 0 Å². The number of sulfone groups is 1. The van der Waals surface area contributed by atoms with Crippen LogP contribution in [0.5, 0.6) is 5.75 Å². The van der Waals surface area contributed by atoms with Crippen LogP contribution in [0, 0.1) is 6.92 Å². The van der Waals surface area contributed by atoms with E-state index >= 15 is 0 Å². The van der Waals surface area contributed by atoms with Crippen molar-refractivity contribution in [3.8, 4) is 5.75 Å². The van der Waals surface area contributed by atoms with Crippen molar-refractivity contribution in [2.75, 3.05) is 7.11 Å². The number of halogens is 1. The fourth-order valence-electron chi connectivity index (χ4n) is 3.86. The smallest absolute Gasteiger partial charge is 0.290 e. The van der Waals surface area contributed by atoms with E-state index in [1.54, 1.807) is 60.7 Å². The van der Waals surface area contributed by atoms with Crippen molar-refractivity contribution in [2.24, 2.45) is 0 Å². The number of carbonyl (C=O) groups is 1. The third kappa shape index (κ3) is 4.34. The van der Waals surface area contributed by atoms with E-state index in [-0.39, 0.29) is 16.3 Å². The summed E-state index contributed by atoms with van der Waals surface area (Å²) in [6.45, 7) is 1.92. The summed E-state index contributed by atoms with van der Waals surface area (Å²) in [4.78, 5) is 14.2. The molecule has 0 aromatic heterocycles. The second-order valence-corrected chi connectivity index (χ2v) is 10.1. The quantitative estimate of drug-likeness (QED) is 0.534. The highest BCUT2D eigenvalue weighted by atomic mass is 35.5. The lowest BCUT2D eigenvalue weighted by molar-refractivity contribution is -0.130. The highest BCUT2D eigenvalue weighted by Gasteiger charge is 2.46. The second kappa shape index (κ2) is 8.92. The molecular weight excluding hydrogens is 462 g/mol. The van der Waals surface area contributed by atoms with Crippen LogP contribution in [0.2, 0.25) is 5.02 Å². The highest BCUT2D eigenvalue weighted by molar-refractivity contribution is 7.95.